The van der Waals surface area contributed by atoms with Crippen LogP contribution in [0.25, 0.3) is 0 Å². The summed E-state index contributed by atoms with van der Waals surface area (Å²) in [6, 6.07) is 2.61. The molecule has 0 spiro atoms. The summed E-state index contributed by atoms with van der Waals surface area (Å²) in [5, 5.41) is 1.21. The van der Waals surface area contributed by atoms with Crippen molar-refractivity contribution in [2.45, 2.75) is 31.8 Å². The van der Waals surface area contributed by atoms with Crippen molar-refractivity contribution in [3.05, 3.63) is 33.3 Å². The number of carbonyl (C=O) groups is 2. The number of primary amides is 1. The molecule has 1 aromatic carbocycles. The van der Waals surface area contributed by atoms with Crippen molar-refractivity contribution in [3.63, 3.8) is 0 Å². The van der Waals surface area contributed by atoms with Crippen molar-refractivity contribution in [1.82, 2.24) is 9.80 Å². The van der Waals surface area contributed by atoms with Crippen LogP contribution >= 0.6 is 23.2 Å². The molecule has 3 amide bonds. The maximum Gasteiger partial charge on any atom is 0.315 e. The normalized spacial score (nSPS) is 20.9. The van der Waals surface area contributed by atoms with Gasteiger partial charge in [-0.05, 0) is 42.5 Å². The summed E-state index contributed by atoms with van der Waals surface area (Å²) < 4.78 is 0. The molecule has 7 heteroatoms. The second-order valence-corrected chi connectivity index (χ2v) is 6.57. The number of nitrogens with zero attached hydrogens (tertiary/aromatic N) is 2. The van der Waals surface area contributed by atoms with E-state index >= 15 is 0 Å². The lowest BCUT2D eigenvalue weighted by molar-refractivity contribution is -0.136. The van der Waals surface area contributed by atoms with Crippen LogP contribution in [0, 0.1) is 0 Å². The molecule has 2 aliphatic rings. The van der Waals surface area contributed by atoms with E-state index in [0.29, 0.717) is 42.5 Å². The largest absolute Gasteiger partial charge is 0.351 e. The molecule has 2 N–H and O–H groups in total. The summed E-state index contributed by atoms with van der Waals surface area (Å²) in [5.74, 6) is -0.0435. The Hall–Kier alpha value is -1.46. The van der Waals surface area contributed by atoms with Gasteiger partial charge in [0.1, 0.15) is 6.04 Å². The maximum atomic E-state index is 12.7. The van der Waals surface area contributed by atoms with Crippen LogP contribution in [-0.4, -0.2) is 40.9 Å². The van der Waals surface area contributed by atoms with Crippen molar-refractivity contribution in [3.8, 4) is 0 Å². The molecular weight excluding hydrogens is 325 g/mol. The highest BCUT2D eigenvalue weighted by Crippen LogP contribution is 2.31. The SMILES string of the molecule is NC(=O)N1CCC[C@H]1C(=O)N1CCc2c(Cl)cc(Cl)cc2C1. The Labute approximate surface area is 138 Å². The minimum atomic E-state index is -0.528. The van der Waals surface area contributed by atoms with Crippen LogP contribution in [-0.2, 0) is 17.8 Å². The van der Waals surface area contributed by atoms with E-state index in [-0.39, 0.29) is 5.91 Å². The third kappa shape index (κ3) is 2.75. The van der Waals surface area contributed by atoms with Gasteiger partial charge in [0.2, 0.25) is 5.91 Å². The van der Waals surface area contributed by atoms with Crippen molar-refractivity contribution in [2.24, 2.45) is 5.73 Å². The molecule has 0 radical (unpaired) electrons. The number of halogens is 2. The van der Waals surface area contributed by atoms with Crippen LogP contribution in [0.15, 0.2) is 12.1 Å². The van der Waals surface area contributed by atoms with E-state index in [4.69, 9.17) is 28.9 Å². The van der Waals surface area contributed by atoms with Crippen molar-refractivity contribution in [1.29, 1.82) is 0 Å². The number of hydrogen-bond acceptors (Lipinski definition) is 2. The molecule has 0 saturated carbocycles. The second kappa shape index (κ2) is 5.97. The molecule has 22 heavy (non-hydrogen) atoms. The third-order valence-corrected chi connectivity index (χ3v) is 4.93. The molecule has 3 rings (SSSR count). The van der Waals surface area contributed by atoms with Gasteiger partial charge in [-0.15, -0.1) is 0 Å². The van der Waals surface area contributed by atoms with Gasteiger partial charge in [-0.2, -0.15) is 0 Å². The Balaban J connectivity index is 1.79. The standard InChI is InChI=1S/C15H17Cl2N3O2/c16-10-6-9-8-19(5-3-11(9)12(17)7-10)14(21)13-2-1-4-20(13)15(18)22/h6-7,13H,1-5,8H2,(H2,18,22)/t13-/m0/s1. The van der Waals surface area contributed by atoms with E-state index in [1.807, 2.05) is 6.07 Å². The van der Waals surface area contributed by atoms with Gasteiger partial charge in [0.25, 0.3) is 0 Å². The minimum Gasteiger partial charge on any atom is -0.351 e. The van der Waals surface area contributed by atoms with Crippen molar-refractivity contribution >= 4 is 35.1 Å². The maximum absolute atomic E-state index is 12.7. The Morgan fingerprint density at radius 3 is 2.73 bits per heavy atom. The van der Waals surface area contributed by atoms with E-state index < -0.39 is 12.1 Å². The molecule has 0 aromatic heterocycles. The Kier molecular flexibility index (Phi) is 4.19. The lowest BCUT2D eigenvalue weighted by atomic mass is 9.99. The highest BCUT2D eigenvalue weighted by molar-refractivity contribution is 6.35. The van der Waals surface area contributed by atoms with Gasteiger partial charge in [-0.25, -0.2) is 4.79 Å². The molecule has 2 heterocycles. The molecule has 5 nitrogen and oxygen atoms in total. The van der Waals surface area contributed by atoms with Crippen LogP contribution in [0.2, 0.25) is 10.0 Å². The number of likely N-dealkylation sites (tertiary alicyclic amines) is 1. The molecule has 0 unspecified atom stereocenters. The Morgan fingerprint density at radius 2 is 2.00 bits per heavy atom. The van der Waals surface area contributed by atoms with Crippen LogP contribution in [0.4, 0.5) is 4.79 Å². The summed E-state index contributed by atoms with van der Waals surface area (Å²) in [7, 11) is 0. The average molecular weight is 342 g/mol. The second-order valence-electron chi connectivity index (χ2n) is 5.72. The average Bonchev–Trinajstić information content (AvgIpc) is 2.95. The molecule has 1 fully saturated rings. The van der Waals surface area contributed by atoms with Crippen LogP contribution in [0.5, 0.6) is 0 Å². The molecule has 118 valence electrons. The van der Waals surface area contributed by atoms with E-state index in [1.165, 1.54) is 4.90 Å². The van der Waals surface area contributed by atoms with E-state index in [9.17, 15) is 9.59 Å². The summed E-state index contributed by atoms with van der Waals surface area (Å²) in [6.45, 7) is 1.61. The summed E-state index contributed by atoms with van der Waals surface area (Å²) in [4.78, 5) is 27.4. The lowest BCUT2D eigenvalue weighted by Crippen LogP contribution is -2.50. The van der Waals surface area contributed by atoms with Crippen LogP contribution in [0.3, 0.4) is 0 Å². The number of nitrogens with two attached hydrogens (primary N) is 1. The van der Waals surface area contributed by atoms with Crippen LogP contribution < -0.4 is 5.73 Å². The molecule has 1 saturated heterocycles. The molecule has 1 atom stereocenters. The Bertz CT molecular complexity index is 635. The quantitative estimate of drug-likeness (QED) is 0.852. The Morgan fingerprint density at radius 1 is 1.23 bits per heavy atom. The minimum absolute atomic E-state index is 0.0435. The van der Waals surface area contributed by atoms with E-state index in [2.05, 4.69) is 0 Å². The van der Waals surface area contributed by atoms with Crippen molar-refractivity contribution in [2.75, 3.05) is 13.1 Å². The topological polar surface area (TPSA) is 66.6 Å². The van der Waals surface area contributed by atoms with Crippen LogP contribution in [0.1, 0.15) is 24.0 Å². The molecule has 0 aliphatic carbocycles. The van der Waals surface area contributed by atoms with E-state index in [0.717, 1.165) is 17.5 Å². The van der Waals surface area contributed by atoms with Gasteiger partial charge in [0.05, 0.1) is 0 Å². The number of fused-ring (bicyclic) bond motifs is 1. The molecular formula is C15H17Cl2N3O2. The number of benzene rings is 1. The summed E-state index contributed by atoms with van der Waals surface area (Å²) in [6.07, 6.45) is 2.17. The monoisotopic (exact) mass is 341 g/mol. The lowest BCUT2D eigenvalue weighted by Gasteiger charge is -2.33. The molecule has 1 aromatic rings. The molecule has 0 bridgehead atoms. The number of carbonyl (C=O) groups excluding carboxylic acids is 2. The first kappa shape index (κ1) is 15.4. The number of rotatable bonds is 1. The van der Waals surface area contributed by atoms with Gasteiger partial charge in [0, 0.05) is 29.7 Å². The molecule has 2 aliphatic heterocycles. The van der Waals surface area contributed by atoms with Gasteiger partial charge in [-0.1, -0.05) is 23.2 Å². The highest BCUT2D eigenvalue weighted by Gasteiger charge is 2.36. The summed E-state index contributed by atoms with van der Waals surface area (Å²) in [5.41, 5.74) is 7.38. The van der Waals surface area contributed by atoms with Gasteiger partial charge < -0.3 is 15.5 Å². The number of hydrogen-bond donors (Lipinski definition) is 1. The fraction of sp³-hybridized carbons (Fsp3) is 0.467. The zero-order chi connectivity index (χ0) is 15.9. The zero-order valence-electron chi connectivity index (χ0n) is 12.0. The first-order valence-electron chi connectivity index (χ1n) is 7.29. The van der Waals surface area contributed by atoms with Gasteiger partial charge in [-0.3, -0.25) is 4.79 Å². The number of amides is 3. The number of urea groups is 1. The first-order valence-corrected chi connectivity index (χ1v) is 8.04. The fourth-order valence-electron chi connectivity index (χ4n) is 3.30. The predicted octanol–water partition coefficient (Wildman–Crippen LogP) is 2.42. The van der Waals surface area contributed by atoms with Crippen molar-refractivity contribution < 1.29 is 9.59 Å². The first-order chi connectivity index (χ1) is 10.5. The zero-order valence-corrected chi connectivity index (χ0v) is 13.5. The third-order valence-electron chi connectivity index (χ3n) is 4.38. The fourth-order valence-corrected chi connectivity index (χ4v) is 3.93. The highest BCUT2D eigenvalue weighted by atomic mass is 35.5. The summed E-state index contributed by atoms with van der Waals surface area (Å²) >= 11 is 12.3. The van der Waals surface area contributed by atoms with Gasteiger partial charge >= 0.3 is 6.03 Å². The van der Waals surface area contributed by atoms with Gasteiger partial charge in [0.15, 0.2) is 0 Å². The van der Waals surface area contributed by atoms with E-state index in [1.54, 1.807) is 11.0 Å². The predicted molar refractivity (Wildman–Crippen MR) is 84.9 cm³/mol. The smallest absolute Gasteiger partial charge is 0.315 e.